The number of aryl methyl sites for hydroxylation is 1. The first-order valence-electron chi connectivity index (χ1n) is 14.5. The molecule has 3 aliphatic rings. The lowest BCUT2D eigenvalue weighted by Gasteiger charge is -2.27. The molecule has 3 aliphatic heterocycles. The van der Waals surface area contributed by atoms with Crippen molar-refractivity contribution in [2.45, 2.75) is 75.8 Å². The largest absolute Gasteiger partial charge is 0.472 e. The summed E-state index contributed by atoms with van der Waals surface area (Å²) in [6, 6.07) is 0. The molecule has 10 atom stereocenters. The highest BCUT2D eigenvalue weighted by atomic mass is 31.2. The van der Waals surface area contributed by atoms with Crippen LogP contribution in [0.2, 0.25) is 0 Å². The van der Waals surface area contributed by atoms with Crippen LogP contribution in [0.4, 0.5) is 5.82 Å². The Kier molecular flexibility index (Phi) is 8.30. The number of phosphoric acid groups is 2. The zero-order valence-corrected chi connectivity index (χ0v) is 27.1. The van der Waals surface area contributed by atoms with E-state index in [1.165, 1.54) is 15.5 Å². The van der Waals surface area contributed by atoms with Crippen molar-refractivity contribution in [1.29, 1.82) is 0 Å². The van der Waals surface area contributed by atoms with Gasteiger partial charge in [-0.05, 0) is 6.92 Å². The first-order valence-corrected chi connectivity index (χ1v) is 17.5. The number of nitrogens with zero attached hydrogens (tertiary/aromatic N) is 7. The van der Waals surface area contributed by atoms with Crippen LogP contribution in [0.25, 0.3) is 22.3 Å². The average Bonchev–Trinajstić information content (AvgIpc) is 3.75. The van der Waals surface area contributed by atoms with Gasteiger partial charge in [0.2, 0.25) is 0 Å². The third-order valence-electron chi connectivity index (χ3n) is 8.06. The molecule has 4 aromatic heterocycles. The van der Waals surface area contributed by atoms with Gasteiger partial charge in [-0.1, -0.05) is 13.8 Å². The summed E-state index contributed by atoms with van der Waals surface area (Å²) in [4.78, 5) is 57.5. The molecule has 2 unspecified atom stereocenters. The Labute approximate surface area is 269 Å². The number of hydrogen-bond acceptors (Lipinski definition) is 17. The normalized spacial score (nSPS) is 36.2. The number of aliphatic hydroxyl groups is 2. The molecule has 7 rings (SSSR count). The number of aromatic nitrogens is 8. The molecule has 0 saturated carbocycles. The summed E-state index contributed by atoms with van der Waals surface area (Å²) in [7, 11) is -10.1. The Hall–Kier alpha value is -3.24. The van der Waals surface area contributed by atoms with Gasteiger partial charge in [0.1, 0.15) is 60.1 Å². The van der Waals surface area contributed by atoms with E-state index in [9.17, 15) is 33.9 Å². The van der Waals surface area contributed by atoms with Crippen LogP contribution in [0.1, 0.15) is 43.9 Å². The van der Waals surface area contributed by atoms with Gasteiger partial charge in [-0.15, -0.1) is 0 Å². The van der Waals surface area contributed by atoms with Gasteiger partial charge < -0.3 is 40.2 Å². The second-order valence-corrected chi connectivity index (χ2v) is 14.5. The molecule has 7 N–H and O–H groups in total. The number of anilines is 1. The van der Waals surface area contributed by atoms with Gasteiger partial charge in [0.05, 0.1) is 19.5 Å². The van der Waals surface area contributed by atoms with Crippen molar-refractivity contribution in [3.8, 4) is 0 Å². The number of nitrogen functional groups attached to an aromatic ring is 1. The summed E-state index contributed by atoms with van der Waals surface area (Å²) in [5.41, 5.74) is 5.65. The van der Waals surface area contributed by atoms with Crippen molar-refractivity contribution >= 4 is 43.8 Å². The Bertz CT molecular complexity index is 2040. The quantitative estimate of drug-likeness (QED) is 0.146. The third-order valence-corrected chi connectivity index (χ3v) is 10.0. The van der Waals surface area contributed by atoms with Crippen LogP contribution >= 0.6 is 15.6 Å². The average molecular weight is 716 g/mol. The number of nitrogens with one attached hydrogen (secondary N) is 1. The Balaban J connectivity index is 1.20. The van der Waals surface area contributed by atoms with E-state index in [1.807, 2.05) is 0 Å². The smallest absolute Gasteiger partial charge is 0.386 e. The van der Waals surface area contributed by atoms with Crippen molar-refractivity contribution in [2.75, 3.05) is 18.9 Å². The van der Waals surface area contributed by atoms with Gasteiger partial charge in [-0.2, -0.15) is 0 Å². The molecule has 0 aliphatic carbocycles. The molecular formula is C24H31N9O13P2. The number of hydrogen-bond donors (Lipinski definition) is 6. The summed E-state index contributed by atoms with van der Waals surface area (Å²) in [6.45, 7) is 3.47. The van der Waals surface area contributed by atoms with Crippen LogP contribution in [0.3, 0.4) is 0 Å². The van der Waals surface area contributed by atoms with Crippen LogP contribution < -0.4 is 11.3 Å². The number of nitrogens with two attached hydrogens (primary N) is 1. The lowest BCUT2D eigenvalue weighted by molar-refractivity contribution is -0.0667. The fourth-order valence-electron chi connectivity index (χ4n) is 5.94. The number of phosphoric ester groups is 2. The molecule has 0 radical (unpaired) electrons. The van der Waals surface area contributed by atoms with Crippen LogP contribution in [0.15, 0.2) is 17.4 Å². The minimum absolute atomic E-state index is 0.0443. The monoisotopic (exact) mass is 715 g/mol. The number of imidazole rings is 2. The number of fused-ring (bicyclic) bond motifs is 4. The van der Waals surface area contributed by atoms with Crippen molar-refractivity contribution in [3.63, 3.8) is 0 Å². The summed E-state index contributed by atoms with van der Waals surface area (Å²) in [5, 5.41) is 22.7. The third kappa shape index (κ3) is 5.76. The molecular weight excluding hydrogens is 684 g/mol. The summed E-state index contributed by atoms with van der Waals surface area (Å²) in [6.07, 6.45) is -10.1. The highest BCUT2D eigenvalue weighted by molar-refractivity contribution is 7.47. The molecule has 260 valence electrons. The van der Waals surface area contributed by atoms with E-state index in [4.69, 9.17) is 33.3 Å². The van der Waals surface area contributed by atoms with E-state index in [1.54, 1.807) is 20.8 Å². The number of aromatic amines is 1. The molecule has 0 amide bonds. The minimum atomic E-state index is -5.07. The molecule has 3 fully saturated rings. The lowest BCUT2D eigenvalue weighted by atomic mass is 10.1. The van der Waals surface area contributed by atoms with Gasteiger partial charge in [-0.25, -0.2) is 34.0 Å². The molecule has 0 spiro atoms. The van der Waals surface area contributed by atoms with Crippen molar-refractivity contribution in [3.05, 3.63) is 34.7 Å². The molecule has 3 saturated heterocycles. The van der Waals surface area contributed by atoms with Crippen molar-refractivity contribution in [2.24, 2.45) is 0 Å². The summed E-state index contributed by atoms with van der Waals surface area (Å²) in [5.74, 6) is 0.244. The topological polar surface area (TPSA) is 304 Å². The maximum atomic E-state index is 13.3. The molecule has 22 nitrogen and oxygen atoms in total. The highest BCUT2D eigenvalue weighted by Gasteiger charge is 2.54. The molecule has 48 heavy (non-hydrogen) atoms. The minimum Gasteiger partial charge on any atom is -0.386 e. The first-order chi connectivity index (χ1) is 22.6. The predicted octanol–water partition coefficient (Wildman–Crippen LogP) is -0.492. The summed E-state index contributed by atoms with van der Waals surface area (Å²) < 4.78 is 62.1. The van der Waals surface area contributed by atoms with E-state index in [2.05, 4.69) is 29.9 Å². The van der Waals surface area contributed by atoms with Crippen LogP contribution in [0.5, 0.6) is 0 Å². The van der Waals surface area contributed by atoms with Crippen LogP contribution in [0, 0.1) is 6.92 Å². The zero-order valence-electron chi connectivity index (χ0n) is 25.3. The van der Waals surface area contributed by atoms with E-state index < -0.39 is 83.5 Å². The van der Waals surface area contributed by atoms with Crippen LogP contribution in [-0.4, -0.2) is 109 Å². The lowest BCUT2D eigenvalue weighted by Crippen LogP contribution is -2.39. The molecule has 0 bridgehead atoms. The number of aliphatic hydroxyl groups excluding tert-OH is 2. The van der Waals surface area contributed by atoms with E-state index in [0.717, 1.165) is 6.33 Å². The van der Waals surface area contributed by atoms with E-state index in [-0.39, 0.29) is 45.7 Å². The fourth-order valence-corrected chi connectivity index (χ4v) is 7.87. The van der Waals surface area contributed by atoms with E-state index in [0.29, 0.717) is 0 Å². The van der Waals surface area contributed by atoms with Gasteiger partial charge in [-0.3, -0.25) is 32.0 Å². The maximum absolute atomic E-state index is 13.3. The van der Waals surface area contributed by atoms with Gasteiger partial charge >= 0.3 is 15.6 Å². The number of H-pyrrole nitrogens is 1. The van der Waals surface area contributed by atoms with E-state index >= 15 is 0 Å². The fraction of sp³-hybridized carbons (Fsp3) is 0.583. The van der Waals surface area contributed by atoms with Gasteiger partial charge in [0, 0.05) is 5.92 Å². The van der Waals surface area contributed by atoms with Gasteiger partial charge in [0.15, 0.2) is 35.1 Å². The van der Waals surface area contributed by atoms with Crippen molar-refractivity contribution < 1.29 is 56.7 Å². The second kappa shape index (κ2) is 12.0. The van der Waals surface area contributed by atoms with Crippen LogP contribution in [-0.2, 0) is 36.7 Å². The number of rotatable bonds is 3. The zero-order chi connectivity index (χ0) is 34.3. The molecule has 7 heterocycles. The molecule has 0 aromatic carbocycles. The second-order valence-electron chi connectivity index (χ2n) is 11.7. The standard InChI is InChI=1S/C24H31N9O13P2/c1-8(2)19-31-13-21(29-9(3)30-22(13)36)33(19)24-15(35)17-11(44-24)5-42-47(37,38)45-16-10(4-41-48(39,40)46-17)43-23(14(16)34)32-7-28-12-18(25)26-6-27-20(12)32/h6-8,10-11,14-17,23-24,34-35H,4-5H2,1-3H3,(H,37,38)(H,39,40)(H2,25,26,27)(H,29,30,36)/t10-,11-,14-,15-,16-,17-,23-,24-/m1/s1. The Morgan fingerprint density at radius 1 is 0.917 bits per heavy atom. The molecule has 24 heteroatoms. The maximum Gasteiger partial charge on any atom is 0.472 e. The van der Waals surface area contributed by atoms with Crippen molar-refractivity contribution in [1.82, 2.24) is 39.0 Å². The number of ether oxygens (including phenoxy) is 2. The van der Waals surface area contributed by atoms with Gasteiger partial charge in [0.25, 0.3) is 5.56 Å². The Morgan fingerprint density at radius 2 is 1.52 bits per heavy atom. The summed E-state index contributed by atoms with van der Waals surface area (Å²) >= 11 is 0. The highest BCUT2D eigenvalue weighted by Crippen LogP contribution is 2.54. The predicted molar refractivity (Wildman–Crippen MR) is 158 cm³/mol. The first kappa shape index (κ1) is 33.3. The Morgan fingerprint density at radius 3 is 2.15 bits per heavy atom. The SMILES string of the molecule is Cc1nc2c(nc(C(C)C)n2[C@@H]2O[C@@H]3COP(=O)(O)O[C@H]4[C@@H](O)[C@H](n5cnc6c(N)ncnc65)O[C@@H]4COP(=O)(O)O[C@H]3[C@H]2O)c(=O)[nH]1. The molecule has 4 aromatic rings.